The van der Waals surface area contributed by atoms with Crippen molar-refractivity contribution >= 4 is 41.0 Å². The van der Waals surface area contributed by atoms with E-state index in [1.54, 1.807) is 23.5 Å². The second-order valence-electron chi connectivity index (χ2n) is 4.69. The Morgan fingerprint density at radius 3 is 2.41 bits per heavy atom. The van der Waals surface area contributed by atoms with Crippen LogP contribution in [0.4, 0.5) is 0 Å². The molecule has 0 saturated carbocycles. The number of nitrogens with one attached hydrogen (secondary N) is 1. The first-order valence-corrected chi connectivity index (χ1v) is 9.69. The van der Waals surface area contributed by atoms with E-state index in [0.29, 0.717) is 12.1 Å². The van der Waals surface area contributed by atoms with Gasteiger partial charge in [0.1, 0.15) is 0 Å². The normalized spacial score (nSPS) is 10.5. The highest BCUT2D eigenvalue weighted by Gasteiger charge is 2.04. The van der Waals surface area contributed by atoms with Crippen molar-refractivity contribution in [3.05, 3.63) is 64.7 Å². The molecule has 0 fully saturated rings. The summed E-state index contributed by atoms with van der Waals surface area (Å²) in [7, 11) is 0. The minimum absolute atomic E-state index is 0.0209. The minimum Gasteiger partial charge on any atom is -0.351 e. The van der Waals surface area contributed by atoms with Crippen molar-refractivity contribution in [3.63, 3.8) is 0 Å². The van der Waals surface area contributed by atoms with E-state index in [0.717, 1.165) is 21.4 Å². The quantitative estimate of drug-likeness (QED) is 0.577. The van der Waals surface area contributed by atoms with Gasteiger partial charge in [0.15, 0.2) is 0 Å². The number of carbonyl (C=O) groups excluding carboxylic acids is 1. The molecule has 2 aromatic carbocycles. The van der Waals surface area contributed by atoms with Crippen LogP contribution in [-0.2, 0) is 5.75 Å². The summed E-state index contributed by atoms with van der Waals surface area (Å²) in [6.07, 6.45) is 2.07. The predicted molar refractivity (Wildman–Crippen MR) is 98.2 cm³/mol. The molecule has 2 nitrogen and oxygen atoms in total. The first kappa shape index (κ1) is 17.3. The van der Waals surface area contributed by atoms with Gasteiger partial charge in [-0.2, -0.15) is 11.8 Å². The van der Waals surface area contributed by atoms with E-state index < -0.39 is 0 Å². The molecule has 0 heterocycles. The fourth-order valence-corrected chi connectivity index (χ4v) is 3.31. The second-order valence-corrected chi connectivity index (χ2v) is 7.16. The average molecular weight is 352 g/mol. The summed E-state index contributed by atoms with van der Waals surface area (Å²) in [5, 5.41) is 3.68. The molecule has 0 atom stereocenters. The van der Waals surface area contributed by atoms with Gasteiger partial charge in [-0.15, -0.1) is 11.8 Å². The molecule has 0 unspecified atom stereocenters. The highest BCUT2D eigenvalue weighted by Crippen LogP contribution is 2.19. The van der Waals surface area contributed by atoms with E-state index in [9.17, 15) is 4.79 Å². The first-order chi connectivity index (χ1) is 10.7. The van der Waals surface area contributed by atoms with Gasteiger partial charge in [-0.1, -0.05) is 23.7 Å². The van der Waals surface area contributed by atoms with Gasteiger partial charge in [-0.3, -0.25) is 4.79 Å². The molecule has 0 saturated heterocycles. The topological polar surface area (TPSA) is 29.1 Å². The molecule has 0 aliphatic carbocycles. The fraction of sp³-hybridized carbons (Fsp3) is 0.235. The Bertz CT molecular complexity index is 599. The van der Waals surface area contributed by atoms with Crippen LogP contribution >= 0.6 is 35.1 Å². The third kappa shape index (κ3) is 5.59. The molecule has 0 aliphatic rings. The van der Waals surface area contributed by atoms with Gasteiger partial charge in [0.2, 0.25) is 0 Å². The van der Waals surface area contributed by atoms with Crippen molar-refractivity contribution in [1.29, 1.82) is 0 Å². The molecule has 1 amide bonds. The van der Waals surface area contributed by atoms with Crippen LogP contribution in [0.1, 0.15) is 15.9 Å². The summed E-state index contributed by atoms with van der Waals surface area (Å²) in [4.78, 5) is 13.2. The second kappa shape index (κ2) is 9.13. The van der Waals surface area contributed by atoms with Crippen LogP contribution < -0.4 is 5.32 Å². The standard InChI is InChI=1S/C17H18ClNOS2/c1-21-12-13-2-4-14(5-3-13)17(20)19-10-11-22-16-8-6-15(18)7-9-16/h2-9H,10-12H2,1H3,(H,19,20). The number of hydrogen-bond acceptors (Lipinski definition) is 3. The summed E-state index contributed by atoms with van der Waals surface area (Å²) < 4.78 is 0. The molecule has 2 rings (SSSR count). The molecule has 22 heavy (non-hydrogen) atoms. The Morgan fingerprint density at radius 1 is 1.09 bits per heavy atom. The van der Waals surface area contributed by atoms with Crippen LogP contribution in [-0.4, -0.2) is 24.5 Å². The highest BCUT2D eigenvalue weighted by atomic mass is 35.5. The first-order valence-electron chi connectivity index (χ1n) is 6.93. The van der Waals surface area contributed by atoms with E-state index in [-0.39, 0.29) is 5.91 Å². The Hall–Kier alpha value is -1.10. The number of carbonyl (C=O) groups is 1. The molecule has 0 bridgehead atoms. The minimum atomic E-state index is -0.0209. The average Bonchev–Trinajstić information content (AvgIpc) is 2.54. The Balaban J connectivity index is 1.74. The van der Waals surface area contributed by atoms with Gasteiger partial charge < -0.3 is 5.32 Å². The van der Waals surface area contributed by atoms with Gasteiger partial charge in [-0.25, -0.2) is 0 Å². The zero-order valence-corrected chi connectivity index (χ0v) is 14.7. The third-order valence-electron chi connectivity index (χ3n) is 3.00. The molecule has 0 aromatic heterocycles. The van der Waals surface area contributed by atoms with Crippen molar-refractivity contribution in [2.45, 2.75) is 10.6 Å². The molecule has 0 spiro atoms. The van der Waals surface area contributed by atoms with E-state index in [4.69, 9.17) is 11.6 Å². The molecule has 0 aliphatic heterocycles. The van der Waals surface area contributed by atoms with E-state index in [2.05, 4.69) is 11.6 Å². The molecule has 0 radical (unpaired) electrons. The summed E-state index contributed by atoms with van der Waals surface area (Å²) in [5.41, 5.74) is 1.95. The van der Waals surface area contributed by atoms with Gasteiger partial charge in [-0.05, 0) is 48.2 Å². The van der Waals surface area contributed by atoms with Crippen LogP contribution in [0.5, 0.6) is 0 Å². The van der Waals surface area contributed by atoms with Crippen LogP contribution in [0.2, 0.25) is 5.02 Å². The zero-order valence-electron chi connectivity index (χ0n) is 12.3. The zero-order chi connectivity index (χ0) is 15.8. The van der Waals surface area contributed by atoms with Crippen molar-refractivity contribution < 1.29 is 4.79 Å². The number of thioether (sulfide) groups is 2. The number of rotatable bonds is 7. The van der Waals surface area contributed by atoms with Crippen molar-refractivity contribution in [2.75, 3.05) is 18.6 Å². The lowest BCUT2D eigenvalue weighted by Crippen LogP contribution is -2.25. The Kier molecular flexibility index (Phi) is 7.16. The smallest absolute Gasteiger partial charge is 0.251 e. The van der Waals surface area contributed by atoms with Crippen LogP contribution in [0.3, 0.4) is 0 Å². The highest BCUT2D eigenvalue weighted by molar-refractivity contribution is 7.99. The lowest BCUT2D eigenvalue weighted by atomic mass is 10.1. The largest absolute Gasteiger partial charge is 0.351 e. The van der Waals surface area contributed by atoms with Gasteiger partial charge >= 0.3 is 0 Å². The molecule has 116 valence electrons. The predicted octanol–water partition coefficient (Wildman–Crippen LogP) is 4.73. The molecule has 1 N–H and O–H groups in total. The summed E-state index contributed by atoms with van der Waals surface area (Å²) in [6.45, 7) is 0.638. The summed E-state index contributed by atoms with van der Waals surface area (Å²) in [6, 6.07) is 15.5. The van der Waals surface area contributed by atoms with Crippen LogP contribution in [0.15, 0.2) is 53.4 Å². The molecule has 5 heteroatoms. The fourth-order valence-electron chi connectivity index (χ4n) is 1.89. The molecular formula is C17H18ClNOS2. The van der Waals surface area contributed by atoms with Crippen LogP contribution in [0.25, 0.3) is 0 Å². The lowest BCUT2D eigenvalue weighted by Gasteiger charge is -2.06. The van der Waals surface area contributed by atoms with Gasteiger partial charge in [0, 0.05) is 33.5 Å². The monoisotopic (exact) mass is 351 g/mol. The van der Waals surface area contributed by atoms with Gasteiger partial charge in [0.05, 0.1) is 0 Å². The van der Waals surface area contributed by atoms with Crippen molar-refractivity contribution in [2.24, 2.45) is 0 Å². The maximum absolute atomic E-state index is 12.0. The van der Waals surface area contributed by atoms with Crippen molar-refractivity contribution in [3.8, 4) is 0 Å². The molecular weight excluding hydrogens is 334 g/mol. The summed E-state index contributed by atoms with van der Waals surface area (Å²) >= 11 is 9.32. The summed E-state index contributed by atoms with van der Waals surface area (Å²) in [5.74, 6) is 1.78. The number of benzene rings is 2. The maximum atomic E-state index is 12.0. The third-order valence-corrected chi connectivity index (χ3v) is 4.88. The van der Waals surface area contributed by atoms with E-state index >= 15 is 0 Å². The SMILES string of the molecule is CSCc1ccc(C(=O)NCCSc2ccc(Cl)cc2)cc1. The van der Waals surface area contributed by atoms with E-state index in [1.807, 2.05) is 48.5 Å². The Labute approximate surface area is 145 Å². The number of halogens is 1. The van der Waals surface area contributed by atoms with Gasteiger partial charge in [0.25, 0.3) is 5.91 Å². The van der Waals surface area contributed by atoms with Crippen molar-refractivity contribution in [1.82, 2.24) is 5.32 Å². The van der Waals surface area contributed by atoms with Crippen LogP contribution in [0, 0.1) is 0 Å². The lowest BCUT2D eigenvalue weighted by molar-refractivity contribution is 0.0956. The number of amides is 1. The molecule has 2 aromatic rings. The van der Waals surface area contributed by atoms with E-state index in [1.165, 1.54) is 5.56 Å². The Morgan fingerprint density at radius 2 is 1.77 bits per heavy atom. The number of hydrogen-bond donors (Lipinski definition) is 1. The maximum Gasteiger partial charge on any atom is 0.251 e.